The summed E-state index contributed by atoms with van der Waals surface area (Å²) >= 11 is 2.09. The number of carboxylic acids is 1. The minimum absolute atomic E-state index is 0.0151. The van der Waals surface area contributed by atoms with Crippen LogP contribution in [0.5, 0.6) is 5.75 Å². The van der Waals surface area contributed by atoms with Crippen molar-refractivity contribution in [2.75, 3.05) is 11.8 Å². The van der Waals surface area contributed by atoms with E-state index in [9.17, 15) is 23.1 Å². The zero-order chi connectivity index (χ0) is 21.9. The van der Waals surface area contributed by atoms with Crippen LogP contribution < -0.4 is 9.46 Å². The third kappa shape index (κ3) is 4.69. The Balaban J connectivity index is 2.01. The molecule has 0 saturated heterocycles. The second-order valence-corrected chi connectivity index (χ2v) is 7.84. The molecule has 0 aliphatic rings. The van der Waals surface area contributed by atoms with Crippen LogP contribution in [0.1, 0.15) is 20.8 Å². The molecule has 1 aromatic heterocycles. The maximum absolute atomic E-state index is 13.2. The largest absolute Gasteiger partial charge is 0.496 e. The molecule has 30 heavy (non-hydrogen) atoms. The summed E-state index contributed by atoms with van der Waals surface area (Å²) in [5, 5.41) is 18.2. The zero-order valence-electron chi connectivity index (χ0n) is 15.3. The average Bonchev–Trinajstić information content (AvgIpc) is 3.20. The fourth-order valence-electron chi connectivity index (χ4n) is 2.56. The number of aromatic carboxylic acids is 1. The number of carbonyl (C=O) groups is 1. The van der Waals surface area contributed by atoms with Gasteiger partial charge >= 0.3 is 12.1 Å². The number of hydrogen-bond donors (Lipinski definition) is 2. The third-order valence-electron chi connectivity index (χ3n) is 4.01. The summed E-state index contributed by atoms with van der Waals surface area (Å²) in [7, 11) is 1.41. The van der Waals surface area contributed by atoms with Gasteiger partial charge in [0.25, 0.3) is 0 Å². The highest BCUT2D eigenvalue weighted by atomic mass is 32.2. The van der Waals surface area contributed by atoms with Crippen molar-refractivity contribution in [3.8, 4) is 22.3 Å². The van der Waals surface area contributed by atoms with Crippen molar-refractivity contribution in [3.63, 3.8) is 0 Å². The van der Waals surface area contributed by atoms with Crippen molar-refractivity contribution in [3.05, 3.63) is 64.5 Å². The van der Waals surface area contributed by atoms with E-state index in [1.54, 1.807) is 12.1 Å². The number of rotatable bonds is 6. The SMILES string of the molecule is COc1ccc(C(=O)O)cc1SNc1cc(C(F)(F)F)ccc1-c1ccc(C#N)s1. The summed E-state index contributed by atoms with van der Waals surface area (Å²) in [5.41, 5.74) is -0.168. The normalized spacial score (nSPS) is 11.0. The Morgan fingerprint density at radius 1 is 1.20 bits per heavy atom. The number of nitriles is 1. The van der Waals surface area contributed by atoms with E-state index < -0.39 is 17.7 Å². The maximum atomic E-state index is 13.2. The van der Waals surface area contributed by atoms with Crippen LogP contribution in [0.4, 0.5) is 18.9 Å². The smallest absolute Gasteiger partial charge is 0.416 e. The molecule has 0 amide bonds. The fraction of sp³-hybridized carbons (Fsp3) is 0.100. The minimum atomic E-state index is -4.53. The molecule has 0 saturated carbocycles. The van der Waals surface area contributed by atoms with Gasteiger partial charge in [0.1, 0.15) is 16.7 Å². The molecule has 1 heterocycles. The van der Waals surface area contributed by atoms with Gasteiger partial charge in [-0.05, 0) is 54.4 Å². The fourth-order valence-corrected chi connectivity index (χ4v) is 4.23. The number of benzene rings is 2. The first-order valence-electron chi connectivity index (χ1n) is 8.28. The standard InChI is InChI=1S/C20H13F3N2O3S2/c1-28-16-6-2-11(19(26)27)8-18(16)30-25-15-9-12(20(21,22)23)3-5-14(15)17-7-4-13(10-24)29-17/h2-9,25H,1H3,(H,26,27). The van der Waals surface area contributed by atoms with Crippen LogP contribution in [-0.2, 0) is 6.18 Å². The lowest BCUT2D eigenvalue weighted by Gasteiger charge is -2.15. The van der Waals surface area contributed by atoms with E-state index in [1.165, 1.54) is 31.4 Å². The third-order valence-corrected chi connectivity index (χ3v) is 5.89. The van der Waals surface area contributed by atoms with Gasteiger partial charge in [-0.2, -0.15) is 18.4 Å². The Morgan fingerprint density at radius 2 is 1.97 bits per heavy atom. The van der Waals surface area contributed by atoms with Crippen LogP contribution in [0.25, 0.3) is 10.4 Å². The molecule has 0 bridgehead atoms. The van der Waals surface area contributed by atoms with Gasteiger partial charge in [0.05, 0.1) is 28.8 Å². The van der Waals surface area contributed by atoms with Gasteiger partial charge in [0.2, 0.25) is 0 Å². The summed E-state index contributed by atoms with van der Waals surface area (Å²) in [5.74, 6) is -0.768. The number of alkyl halides is 3. The quantitative estimate of drug-likeness (QED) is 0.440. The van der Waals surface area contributed by atoms with Crippen LogP contribution in [0, 0.1) is 11.3 Å². The van der Waals surface area contributed by atoms with E-state index in [4.69, 9.17) is 10.00 Å². The van der Waals surface area contributed by atoms with Crippen molar-refractivity contribution < 1.29 is 27.8 Å². The summed E-state index contributed by atoms with van der Waals surface area (Å²) in [6.45, 7) is 0. The first-order chi connectivity index (χ1) is 14.2. The molecule has 0 unspecified atom stereocenters. The number of anilines is 1. The first-order valence-corrected chi connectivity index (χ1v) is 9.92. The molecule has 0 atom stereocenters. The molecule has 154 valence electrons. The predicted molar refractivity (Wildman–Crippen MR) is 109 cm³/mol. The Hall–Kier alpha value is -3.16. The van der Waals surface area contributed by atoms with Gasteiger partial charge < -0.3 is 14.6 Å². The summed E-state index contributed by atoms with van der Waals surface area (Å²) < 4.78 is 47.8. The molecule has 10 heteroatoms. The minimum Gasteiger partial charge on any atom is -0.496 e. The van der Waals surface area contributed by atoms with Gasteiger partial charge in [-0.15, -0.1) is 11.3 Å². The number of hydrogen-bond acceptors (Lipinski definition) is 6. The molecule has 0 radical (unpaired) electrons. The molecule has 3 rings (SSSR count). The molecule has 5 nitrogen and oxygen atoms in total. The lowest BCUT2D eigenvalue weighted by Crippen LogP contribution is -2.05. The maximum Gasteiger partial charge on any atom is 0.416 e. The predicted octanol–water partition coefficient (Wildman–Crippen LogP) is 6.13. The average molecular weight is 450 g/mol. The Kier molecular flexibility index (Phi) is 6.24. The van der Waals surface area contributed by atoms with E-state index in [-0.39, 0.29) is 11.3 Å². The van der Waals surface area contributed by atoms with E-state index in [0.29, 0.717) is 26.0 Å². The summed E-state index contributed by atoms with van der Waals surface area (Å²) in [6, 6.07) is 12.7. The van der Waals surface area contributed by atoms with Crippen LogP contribution in [0.3, 0.4) is 0 Å². The van der Waals surface area contributed by atoms with Crippen molar-refractivity contribution in [1.82, 2.24) is 0 Å². The van der Waals surface area contributed by atoms with Gasteiger partial charge in [0.15, 0.2) is 0 Å². The van der Waals surface area contributed by atoms with Crippen molar-refractivity contribution in [2.24, 2.45) is 0 Å². The van der Waals surface area contributed by atoms with Gasteiger partial charge in [0, 0.05) is 10.4 Å². The number of halogens is 3. The molecule has 2 N–H and O–H groups in total. The van der Waals surface area contributed by atoms with Crippen molar-refractivity contribution in [2.45, 2.75) is 11.1 Å². The van der Waals surface area contributed by atoms with E-state index in [1.807, 2.05) is 6.07 Å². The van der Waals surface area contributed by atoms with E-state index >= 15 is 0 Å². The molecule has 0 aliphatic carbocycles. The number of thiophene rings is 1. The molecule has 0 aliphatic heterocycles. The highest BCUT2D eigenvalue weighted by Gasteiger charge is 2.31. The summed E-state index contributed by atoms with van der Waals surface area (Å²) in [6.07, 6.45) is -4.53. The van der Waals surface area contributed by atoms with Crippen LogP contribution in [0.2, 0.25) is 0 Å². The Morgan fingerprint density at radius 3 is 2.57 bits per heavy atom. The van der Waals surface area contributed by atoms with Crippen LogP contribution in [0.15, 0.2) is 53.4 Å². The lowest BCUT2D eigenvalue weighted by atomic mass is 10.1. The Bertz CT molecular complexity index is 1140. The van der Waals surface area contributed by atoms with Gasteiger partial charge in [-0.1, -0.05) is 6.07 Å². The second kappa shape index (κ2) is 8.69. The van der Waals surface area contributed by atoms with Crippen molar-refractivity contribution in [1.29, 1.82) is 5.26 Å². The molecule has 2 aromatic carbocycles. The highest BCUT2D eigenvalue weighted by Crippen LogP contribution is 2.40. The second-order valence-electron chi connectivity index (χ2n) is 5.91. The van der Waals surface area contributed by atoms with Crippen molar-refractivity contribution >= 4 is 34.9 Å². The number of carboxylic acid groups (broad SMARTS) is 1. The van der Waals surface area contributed by atoms with Gasteiger partial charge in [-0.3, -0.25) is 0 Å². The van der Waals surface area contributed by atoms with E-state index in [2.05, 4.69) is 4.72 Å². The summed E-state index contributed by atoms with van der Waals surface area (Å²) in [4.78, 5) is 12.7. The molecular weight excluding hydrogens is 437 g/mol. The topological polar surface area (TPSA) is 82.3 Å². The lowest BCUT2D eigenvalue weighted by molar-refractivity contribution is -0.137. The zero-order valence-corrected chi connectivity index (χ0v) is 16.9. The molecule has 0 spiro atoms. The molecular formula is C20H13F3N2O3S2. The first kappa shape index (κ1) is 21.5. The van der Waals surface area contributed by atoms with Crippen LogP contribution in [-0.4, -0.2) is 18.2 Å². The van der Waals surface area contributed by atoms with Crippen LogP contribution >= 0.6 is 23.3 Å². The number of nitrogens with one attached hydrogen (secondary N) is 1. The number of nitrogens with zero attached hydrogens (tertiary/aromatic N) is 1. The molecule has 3 aromatic rings. The monoisotopic (exact) mass is 450 g/mol. The van der Waals surface area contributed by atoms with E-state index in [0.717, 1.165) is 35.4 Å². The molecule has 0 fully saturated rings. The number of ether oxygens (including phenoxy) is 1. The Labute approximate surface area is 177 Å². The highest BCUT2D eigenvalue weighted by molar-refractivity contribution is 8.00. The number of methoxy groups -OCH3 is 1. The van der Waals surface area contributed by atoms with Gasteiger partial charge in [-0.25, -0.2) is 4.79 Å².